The topological polar surface area (TPSA) is 44.5 Å². The molecule has 0 spiro atoms. The van der Waals surface area contributed by atoms with Gasteiger partial charge in [0.25, 0.3) is 0 Å². The van der Waals surface area contributed by atoms with E-state index in [1.165, 1.54) is 13.2 Å². The molecule has 0 fully saturated rings. The standard InChI is InChI=1S/C10H12F3NO2/c1-15-4-5-16-9-6-7(10(11,12)13)2-3-8(9)14/h2-3,6H,4-5,14H2,1H3. The third-order valence-corrected chi connectivity index (χ3v) is 1.89. The molecule has 0 unspecified atom stereocenters. The largest absolute Gasteiger partial charge is 0.489 e. The molecule has 90 valence electrons. The summed E-state index contributed by atoms with van der Waals surface area (Å²) < 4.78 is 46.9. The molecule has 0 aromatic heterocycles. The number of hydrogen-bond donors (Lipinski definition) is 1. The highest BCUT2D eigenvalue weighted by Crippen LogP contribution is 2.33. The van der Waals surface area contributed by atoms with Crippen molar-refractivity contribution in [2.24, 2.45) is 0 Å². The Bertz CT molecular complexity index is 352. The van der Waals surface area contributed by atoms with E-state index in [4.69, 9.17) is 15.2 Å². The van der Waals surface area contributed by atoms with Crippen LogP contribution in [0.5, 0.6) is 5.75 Å². The van der Waals surface area contributed by atoms with Crippen molar-refractivity contribution in [3.05, 3.63) is 23.8 Å². The maximum Gasteiger partial charge on any atom is 0.416 e. The molecule has 0 saturated heterocycles. The lowest BCUT2D eigenvalue weighted by atomic mass is 10.2. The van der Waals surface area contributed by atoms with E-state index in [0.29, 0.717) is 0 Å². The average Bonchev–Trinajstić information content (AvgIpc) is 2.19. The summed E-state index contributed by atoms with van der Waals surface area (Å²) in [5, 5.41) is 0. The summed E-state index contributed by atoms with van der Waals surface area (Å²) >= 11 is 0. The number of nitrogen functional groups attached to an aromatic ring is 1. The summed E-state index contributed by atoms with van der Waals surface area (Å²) in [6.07, 6.45) is -4.40. The summed E-state index contributed by atoms with van der Waals surface area (Å²) in [4.78, 5) is 0. The highest BCUT2D eigenvalue weighted by Gasteiger charge is 2.31. The number of halogens is 3. The van der Waals surface area contributed by atoms with Crippen molar-refractivity contribution < 1.29 is 22.6 Å². The van der Waals surface area contributed by atoms with Crippen LogP contribution in [0.2, 0.25) is 0 Å². The van der Waals surface area contributed by atoms with E-state index in [9.17, 15) is 13.2 Å². The van der Waals surface area contributed by atoms with E-state index in [1.807, 2.05) is 0 Å². The molecule has 6 heteroatoms. The molecular formula is C10H12F3NO2. The predicted octanol–water partition coefficient (Wildman–Crippen LogP) is 2.31. The average molecular weight is 235 g/mol. The smallest absolute Gasteiger partial charge is 0.416 e. The molecule has 0 aliphatic carbocycles. The second-order valence-electron chi connectivity index (χ2n) is 3.09. The quantitative estimate of drug-likeness (QED) is 0.643. The molecule has 0 heterocycles. The van der Waals surface area contributed by atoms with Crippen LogP contribution in [0.1, 0.15) is 5.56 Å². The van der Waals surface area contributed by atoms with E-state index in [0.717, 1.165) is 12.1 Å². The summed E-state index contributed by atoms with van der Waals surface area (Å²) in [6, 6.07) is 2.97. The van der Waals surface area contributed by atoms with Gasteiger partial charge in [-0.1, -0.05) is 0 Å². The van der Waals surface area contributed by atoms with Crippen LogP contribution in [0.15, 0.2) is 18.2 Å². The fourth-order valence-corrected chi connectivity index (χ4v) is 1.07. The molecule has 16 heavy (non-hydrogen) atoms. The van der Waals surface area contributed by atoms with Gasteiger partial charge in [0, 0.05) is 7.11 Å². The zero-order valence-electron chi connectivity index (χ0n) is 8.67. The monoisotopic (exact) mass is 235 g/mol. The van der Waals surface area contributed by atoms with Crippen molar-refractivity contribution in [1.82, 2.24) is 0 Å². The van der Waals surface area contributed by atoms with Gasteiger partial charge in [-0.05, 0) is 18.2 Å². The zero-order valence-corrected chi connectivity index (χ0v) is 8.67. The van der Waals surface area contributed by atoms with Crippen LogP contribution in [0.4, 0.5) is 18.9 Å². The molecule has 2 N–H and O–H groups in total. The van der Waals surface area contributed by atoms with Gasteiger partial charge in [-0.3, -0.25) is 0 Å². The molecule has 1 aromatic rings. The second kappa shape index (κ2) is 5.07. The predicted molar refractivity (Wildman–Crippen MR) is 53.2 cm³/mol. The Labute approximate surface area is 91.0 Å². The number of benzene rings is 1. The molecule has 3 nitrogen and oxygen atoms in total. The van der Waals surface area contributed by atoms with Crippen molar-refractivity contribution in [1.29, 1.82) is 0 Å². The first-order valence-corrected chi connectivity index (χ1v) is 4.53. The Hall–Kier alpha value is -1.43. The van der Waals surface area contributed by atoms with E-state index in [2.05, 4.69) is 0 Å². The van der Waals surface area contributed by atoms with E-state index in [1.54, 1.807) is 0 Å². The van der Waals surface area contributed by atoms with E-state index >= 15 is 0 Å². The molecular weight excluding hydrogens is 223 g/mol. The number of ether oxygens (including phenoxy) is 2. The highest BCUT2D eigenvalue weighted by atomic mass is 19.4. The van der Waals surface area contributed by atoms with Crippen LogP contribution in [0, 0.1) is 0 Å². The van der Waals surface area contributed by atoms with Crippen molar-refractivity contribution in [2.75, 3.05) is 26.1 Å². The van der Waals surface area contributed by atoms with Crippen LogP contribution in [-0.2, 0) is 10.9 Å². The first-order chi connectivity index (χ1) is 7.45. The fraction of sp³-hybridized carbons (Fsp3) is 0.400. The number of rotatable bonds is 4. The van der Waals surface area contributed by atoms with Gasteiger partial charge in [0.1, 0.15) is 12.4 Å². The molecule has 0 atom stereocenters. The van der Waals surface area contributed by atoms with Crippen LogP contribution in [0.25, 0.3) is 0 Å². The lowest BCUT2D eigenvalue weighted by molar-refractivity contribution is -0.137. The molecule has 1 rings (SSSR count). The molecule has 0 amide bonds. The summed E-state index contributed by atoms with van der Waals surface area (Å²) in [5.41, 5.74) is 4.87. The van der Waals surface area contributed by atoms with Gasteiger partial charge in [0.15, 0.2) is 0 Å². The normalized spacial score (nSPS) is 11.5. The van der Waals surface area contributed by atoms with E-state index in [-0.39, 0.29) is 24.7 Å². The molecule has 0 aliphatic rings. The first-order valence-electron chi connectivity index (χ1n) is 4.53. The zero-order chi connectivity index (χ0) is 12.2. The molecule has 0 saturated carbocycles. The van der Waals surface area contributed by atoms with E-state index < -0.39 is 11.7 Å². The number of alkyl halides is 3. The van der Waals surface area contributed by atoms with Gasteiger partial charge in [0.2, 0.25) is 0 Å². The molecule has 0 radical (unpaired) electrons. The summed E-state index contributed by atoms with van der Waals surface area (Å²) in [7, 11) is 1.47. The Kier molecular flexibility index (Phi) is 4.00. The number of nitrogens with two attached hydrogens (primary N) is 1. The van der Waals surface area contributed by atoms with Gasteiger partial charge < -0.3 is 15.2 Å². The van der Waals surface area contributed by atoms with Gasteiger partial charge in [-0.2, -0.15) is 13.2 Å². The lowest BCUT2D eigenvalue weighted by Crippen LogP contribution is -2.09. The van der Waals surface area contributed by atoms with Gasteiger partial charge in [-0.25, -0.2) is 0 Å². The van der Waals surface area contributed by atoms with Crippen LogP contribution >= 0.6 is 0 Å². The van der Waals surface area contributed by atoms with Crippen molar-refractivity contribution in [2.45, 2.75) is 6.18 Å². The minimum Gasteiger partial charge on any atom is -0.489 e. The van der Waals surface area contributed by atoms with Crippen molar-refractivity contribution >= 4 is 5.69 Å². The SMILES string of the molecule is COCCOc1cc(C(F)(F)F)ccc1N. The van der Waals surface area contributed by atoms with Gasteiger partial charge in [-0.15, -0.1) is 0 Å². The van der Waals surface area contributed by atoms with Crippen LogP contribution < -0.4 is 10.5 Å². The lowest BCUT2D eigenvalue weighted by Gasteiger charge is -2.12. The van der Waals surface area contributed by atoms with Gasteiger partial charge in [0.05, 0.1) is 17.9 Å². The molecule has 0 bridgehead atoms. The summed E-state index contributed by atoms with van der Waals surface area (Å²) in [6.45, 7) is 0.442. The number of anilines is 1. The van der Waals surface area contributed by atoms with Crippen LogP contribution in [-0.4, -0.2) is 20.3 Å². The number of hydrogen-bond acceptors (Lipinski definition) is 3. The van der Waals surface area contributed by atoms with Gasteiger partial charge >= 0.3 is 6.18 Å². The Morgan fingerprint density at radius 3 is 2.50 bits per heavy atom. The molecule has 0 aliphatic heterocycles. The second-order valence-corrected chi connectivity index (χ2v) is 3.09. The third-order valence-electron chi connectivity index (χ3n) is 1.89. The van der Waals surface area contributed by atoms with Crippen molar-refractivity contribution in [3.63, 3.8) is 0 Å². The number of methoxy groups -OCH3 is 1. The third kappa shape index (κ3) is 3.30. The Morgan fingerprint density at radius 2 is 1.94 bits per heavy atom. The maximum absolute atomic E-state index is 12.4. The van der Waals surface area contributed by atoms with Crippen molar-refractivity contribution in [3.8, 4) is 5.75 Å². The minimum absolute atomic E-state index is 0.0203. The maximum atomic E-state index is 12.4. The Balaban J connectivity index is 2.83. The molecule has 1 aromatic carbocycles. The van der Waals surface area contributed by atoms with Crippen LogP contribution in [0.3, 0.4) is 0 Å². The fourth-order valence-electron chi connectivity index (χ4n) is 1.07. The Morgan fingerprint density at radius 1 is 1.25 bits per heavy atom. The highest BCUT2D eigenvalue weighted by molar-refractivity contribution is 5.54. The minimum atomic E-state index is -4.40. The first kappa shape index (κ1) is 12.6. The summed E-state index contributed by atoms with van der Waals surface area (Å²) in [5.74, 6) is 0.0203.